The van der Waals surface area contributed by atoms with Gasteiger partial charge in [0.1, 0.15) is 17.2 Å². The molecule has 0 atom stereocenters. The van der Waals surface area contributed by atoms with E-state index in [1.54, 1.807) is 24.2 Å². The van der Waals surface area contributed by atoms with E-state index in [0.29, 0.717) is 43.6 Å². The lowest BCUT2D eigenvalue weighted by atomic mass is 9.95. The van der Waals surface area contributed by atoms with E-state index in [9.17, 15) is 14.0 Å². The minimum atomic E-state index is -1.19. The monoisotopic (exact) mass is 450 g/mol. The first kappa shape index (κ1) is 23.1. The van der Waals surface area contributed by atoms with Crippen LogP contribution in [0, 0.1) is 0 Å². The third kappa shape index (κ3) is 5.13. The van der Waals surface area contributed by atoms with Crippen molar-refractivity contribution in [3.05, 3.63) is 59.1 Å². The molecule has 0 bridgehead atoms. The summed E-state index contributed by atoms with van der Waals surface area (Å²) in [6.07, 6.45) is 12.4. The van der Waals surface area contributed by atoms with Crippen LogP contribution in [0.5, 0.6) is 0 Å². The molecule has 4 heterocycles. The third-order valence-corrected chi connectivity index (χ3v) is 6.52. The van der Waals surface area contributed by atoms with Crippen molar-refractivity contribution in [3.63, 3.8) is 0 Å². The minimum Gasteiger partial charge on any atom is -0.338 e. The number of pyridine rings is 2. The van der Waals surface area contributed by atoms with Crippen LogP contribution in [0.15, 0.2) is 36.7 Å². The molecule has 174 valence electrons. The highest BCUT2D eigenvalue weighted by Gasteiger charge is 2.32. The zero-order chi connectivity index (χ0) is 23.4. The van der Waals surface area contributed by atoms with Crippen LogP contribution in [-0.4, -0.2) is 52.4 Å². The van der Waals surface area contributed by atoms with Crippen LogP contribution in [0.2, 0.25) is 0 Å². The van der Waals surface area contributed by atoms with Gasteiger partial charge >= 0.3 is 0 Å². The van der Waals surface area contributed by atoms with Gasteiger partial charge in [0.05, 0.1) is 17.4 Å². The van der Waals surface area contributed by atoms with Gasteiger partial charge in [0.25, 0.3) is 5.91 Å². The first-order valence-electron chi connectivity index (χ1n) is 11.8. The second-order valence-electron chi connectivity index (χ2n) is 9.11. The number of alkyl halides is 1. The number of carbonyl (C=O) groups excluding carboxylic acids is 2. The van der Waals surface area contributed by atoms with Gasteiger partial charge in [-0.2, -0.15) is 0 Å². The Morgan fingerprint density at radius 1 is 1.15 bits per heavy atom. The van der Waals surface area contributed by atoms with Gasteiger partial charge in [0.2, 0.25) is 0 Å². The normalized spacial score (nSPS) is 17.8. The van der Waals surface area contributed by atoms with E-state index < -0.39 is 5.67 Å². The number of anilines is 2. The summed E-state index contributed by atoms with van der Waals surface area (Å²) in [6.45, 7) is 5.33. The zero-order valence-corrected chi connectivity index (χ0v) is 19.4. The molecule has 6 nitrogen and oxygen atoms in total. The molecular formula is C26H31FN4O2. The van der Waals surface area contributed by atoms with Crippen LogP contribution in [0.3, 0.4) is 0 Å². The maximum absolute atomic E-state index is 14.1. The van der Waals surface area contributed by atoms with Crippen LogP contribution in [-0.2, 0) is 12.8 Å². The van der Waals surface area contributed by atoms with Gasteiger partial charge < -0.3 is 9.80 Å². The van der Waals surface area contributed by atoms with Crippen molar-refractivity contribution < 1.29 is 14.0 Å². The van der Waals surface area contributed by atoms with Gasteiger partial charge in [-0.25, -0.2) is 9.37 Å². The van der Waals surface area contributed by atoms with Crippen LogP contribution >= 0.6 is 0 Å². The molecule has 1 fully saturated rings. The molecule has 1 saturated heterocycles. The summed E-state index contributed by atoms with van der Waals surface area (Å²) in [5.41, 5.74) is 2.62. The number of fused-ring (bicyclic) bond motifs is 1. The summed E-state index contributed by atoms with van der Waals surface area (Å²) in [6, 6.07) is 3.94. The average Bonchev–Trinajstić information content (AvgIpc) is 2.83. The first-order chi connectivity index (χ1) is 15.9. The fourth-order valence-corrected chi connectivity index (χ4v) is 4.49. The number of carbonyl (C=O) groups is 2. The molecule has 0 unspecified atom stereocenters. The number of rotatable bonds is 6. The average molecular weight is 451 g/mol. The second-order valence-corrected chi connectivity index (χ2v) is 9.11. The number of aromatic nitrogens is 2. The number of hydrogen-bond donors (Lipinski definition) is 0. The number of halogens is 1. The van der Waals surface area contributed by atoms with Crippen molar-refractivity contribution in [1.29, 1.82) is 0 Å². The van der Waals surface area contributed by atoms with Gasteiger partial charge in [-0.05, 0) is 68.7 Å². The van der Waals surface area contributed by atoms with E-state index in [2.05, 4.69) is 33.9 Å². The van der Waals surface area contributed by atoms with E-state index >= 15 is 0 Å². The summed E-state index contributed by atoms with van der Waals surface area (Å²) >= 11 is 0. The zero-order valence-electron chi connectivity index (χ0n) is 19.4. The van der Waals surface area contributed by atoms with E-state index in [-0.39, 0.29) is 5.91 Å². The molecule has 0 spiro atoms. The van der Waals surface area contributed by atoms with Gasteiger partial charge in [-0.3, -0.25) is 14.6 Å². The Balaban J connectivity index is 1.57. The predicted molar refractivity (Wildman–Crippen MR) is 127 cm³/mol. The number of amides is 1. The maximum Gasteiger partial charge on any atom is 0.255 e. The summed E-state index contributed by atoms with van der Waals surface area (Å²) < 4.78 is 14.1. The molecule has 4 rings (SSSR count). The highest BCUT2D eigenvalue weighted by atomic mass is 19.1. The molecule has 1 amide bonds. The number of aldehydes is 1. The highest BCUT2D eigenvalue weighted by molar-refractivity contribution is 5.94. The number of hydrogen-bond acceptors (Lipinski definition) is 5. The Labute approximate surface area is 194 Å². The summed E-state index contributed by atoms with van der Waals surface area (Å²) in [4.78, 5) is 37.3. The highest BCUT2D eigenvalue weighted by Crippen LogP contribution is 2.33. The number of allylic oxidation sites excluding steroid dienone is 2. The molecule has 0 aliphatic carbocycles. The van der Waals surface area contributed by atoms with E-state index in [1.165, 1.54) is 0 Å². The summed E-state index contributed by atoms with van der Waals surface area (Å²) in [5.74, 6) is 0.739. The molecule has 0 saturated carbocycles. The number of aryl methyl sites for hydroxylation is 1. The molecule has 0 aromatic carbocycles. The maximum atomic E-state index is 14.1. The lowest BCUT2D eigenvalue weighted by Gasteiger charge is -2.34. The van der Waals surface area contributed by atoms with E-state index in [0.717, 1.165) is 54.7 Å². The van der Waals surface area contributed by atoms with E-state index in [4.69, 9.17) is 0 Å². The number of piperidine rings is 1. The summed E-state index contributed by atoms with van der Waals surface area (Å²) in [5, 5.41) is 0. The quantitative estimate of drug-likeness (QED) is 0.465. The van der Waals surface area contributed by atoms with Gasteiger partial charge in [-0.1, -0.05) is 19.1 Å². The molecule has 0 N–H and O–H groups in total. The summed E-state index contributed by atoms with van der Waals surface area (Å²) in [7, 11) is 0. The van der Waals surface area contributed by atoms with Crippen molar-refractivity contribution in [3.8, 4) is 0 Å². The Bertz CT molecular complexity index is 1060. The van der Waals surface area contributed by atoms with Crippen molar-refractivity contribution in [2.45, 2.75) is 58.0 Å². The minimum absolute atomic E-state index is 0.0834. The standard InChI is InChI=1S/C26H31FN4O2/c1-3-4-5-7-19-15-22(17-28-23(19)18-32)31-11-6-8-20-14-21(16-29-24(20)31)25(33)30-12-9-26(2,27)10-13-30/h4-5,14-18H,3,6-13H2,1-2H3/b5-4+. The molecule has 2 aliphatic heterocycles. The Morgan fingerprint density at radius 2 is 1.94 bits per heavy atom. The predicted octanol–water partition coefficient (Wildman–Crippen LogP) is 4.85. The van der Waals surface area contributed by atoms with Crippen molar-refractivity contribution >= 4 is 23.7 Å². The molecule has 7 heteroatoms. The van der Waals surface area contributed by atoms with Crippen LogP contribution in [0.1, 0.15) is 71.5 Å². The largest absolute Gasteiger partial charge is 0.338 e. The fraction of sp³-hybridized carbons (Fsp3) is 0.462. The van der Waals surface area contributed by atoms with Crippen molar-refractivity contribution in [2.24, 2.45) is 0 Å². The van der Waals surface area contributed by atoms with Crippen molar-refractivity contribution in [1.82, 2.24) is 14.9 Å². The number of likely N-dealkylation sites (tertiary alicyclic amines) is 1. The molecule has 2 aromatic rings. The van der Waals surface area contributed by atoms with Gasteiger partial charge in [0.15, 0.2) is 6.29 Å². The first-order valence-corrected chi connectivity index (χ1v) is 11.8. The van der Waals surface area contributed by atoms with Crippen LogP contribution in [0.4, 0.5) is 15.9 Å². The lowest BCUT2D eigenvalue weighted by molar-refractivity contribution is 0.0503. The Kier molecular flexibility index (Phi) is 6.86. The smallest absolute Gasteiger partial charge is 0.255 e. The van der Waals surface area contributed by atoms with E-state index in [1.807, 2.05) is 12.1 Å². The SMILES string of the molecule is CC/C=C/Cc1cc(N2CCCc3cc(C(=O)N4CCC(C)(F)CC4)cnc32)cnc1C=O. The topological polar surface area (TPSA) is 66.4 Å². The Morgan fingerprint density at radius 3 is 2.67 bits per heavy atom. The molecule has 2 aliphatic rings. The van der Waals surface area contributed by atoms with Crippen molar-refractivity contribution in [2.75, 3.05) is 24.5 Å². The molecule has 0 radical (unpaired) electrons. The second kappa shape index (κ2) is 9.81. The fourth-order valence-electron chi connectivity index (χ4n) is 4.49. The number of nitrogens with zero attached hydrogens (tertiary/aromatic N) is 4. The van der Waals surface area contributed by atoms with Gasteiger partial charge in [0, 0.05) is 25.8 Å². The van der Waals surface area contributed by atoms with Crippen LogP contribution < -0.4 is 4.90 Å². The van der Waals surface area contributed by atoms with Crippen LogP contribution in [0.25, 0.3) is 0 Å². The molecular weight excluding hydrogens is 419 g/mol. The molecule has 2 aromatic heterocycles. The third-order valence-electron chi connectivity index (χ3n) is 6.52. The molecule has 33 heavy (non-hydrogen) atoms. The van der Waals surface area contributed by atoms with Gasteiger partial charge in [-0.15, -0.1) is 0 Å². The Hall–Kier alpha value is -3.09. The lowest BCUT2D eigenvalue weighted by Crippen LogP contribution is -2.43.